The predicted octanol–water partition coefficient (Wildman–Crippen LogP) is 10.8. The average molecular weight is 1060 g/mol. The molecule has 2 fully saturated rings. The number of aliphatic carboxylic acids is 1. The number of carbonyl (C=O) groups excluding carboxylic acids is 5. The first-order valence-electron chi connectivity index (χ1n) is 26.3. The van der Waals surface area contributed by atoms with E-state index in [1.54, 1.807) is 21.3 Å². The maximum atomic E-state index is 11.4. The molecule has 5 rings (SSSR count). The van der Waals surface area contributed by atoms with Crippen molar-refractivity contribution >= 4 is 35.4 Å². The van der Waals surface area contributed by atoms with E-state index in [4.69, 9.17) is 47.7 Å². The Balaban J connectivity index is 0.000000894. The van der Waals surface area contributed by atoms with Gasteiger partial charge in [-0.3, -0.25) is 28.8 Å². The van der Waals surface area contributed by atoms with Crippen molar-refractivity contribution in [2.24, 2.45) is 0 Å². The van der Waals surface area contributed by atoms with Crippen molar-refractivity contribution in [3.63, 3.8) is 0 Å². The molecule has 0 spiro atoms. The lowest BCUT2D eigenvalue weighted by Crippen LogP contribution is -2.24. The molecule has 0 aromatic heterocycles. The van der Waals surface area contributed by atoms with E-state index in [0.29, 0.717) is 89.5 Å². The van der Waals surface area contributed by atoms with E-state index in [0.717, 1.165) is 55.2 Å². The average Bonchev–Trinajstić information content (AvgIpc) is 3.44. The highest BCUT2D eigenvalue weighted by molar-refractivity contribution is 5.80. The number of carboxylic acids is 1. The minimum atomic E-state index is -0.802. The topological polar surface area (TPSA) is 206 Å². The molecule has 0 bridgehead atoms. The molecule has 3 aromatic carbocycles. The maximum absolute atomic E-state index is 11.4. The summed E-state index contributed by atoms with van der Waals surface area (Å²) < 4.78 is 46.2. The molecule has 1 N–H and O–H groups in total. The summed E-state index contributed by atoms with van der Waals surface area (Å²) in [6, 6.07) is 28.9. The van der Waals surface area contributed by atoms with Gasteiger partial charge in [0, 0.05) is 54.1 Å². The Morgan fingerprint density at radius 1 is 0.467 bits per heavy atom. The Morgan fingerprint density at radius 3 is 0.920 bits per heavy atom. The lowest BCUT2D eigenvalue weighted by Gasteiger charge is -2.19. The highest BCUT2D eigenvalue weighted by Crippen LogP contribution is 2.14. The molecule has 6 atom stereocenters. The van der Waals surface area contributed by atoms with E-state index in [2.05, 4.69) is 0 Å². The first kappa shape index (κ1) is 69.6. The van der Waals surface area contributed by atoms with Crippen LogP contribution in [0.4, 0.5) is 0 Å². The SMILES string of the molecule is CCC(CC(=O)O)OC.CCC(CC(=O)OCc1ccccc1)OC.CCC(CC(=O)OCc1ccccc1)OC.CCC(CC(=O)OCc1ccccc1)OC.CCC1CC(=O)CCO1.CCC1CC(=O)CCO1. The number of Topliss-reactive ketones (excluding diaryl/α,β-unsaturated/α-hetero) is 2. The highest BCUT2D eigenvalue weighted by Gasteiger charge is 2.19. The Labute approximate surface area is 447 Å². The molecule has 2 heterocycles. The fourth-order valence-electron chi connectivity index (χ4n) is 6.75. The minimum absolute atomic E-state index is 0.0386. The fraction of sp³-hybridized carbons (Fsp3) is 0.593. The molecule has 0 aliphatic carbocycles. The second kappa shape index (κ2) is 46.0. The smallest absolute Gasteiger partial charge is 0.308 e. The molecule has 0 saturated carbocycles. The number of rotatable bonds is 24. The molecular weight excluding hydrogens is 965 g/mol. The number of carboxylic acid groups (broad SMARTS) is 1. The van der Waals surface area contributed by atoms with Gasteiger partial charge in [0.25, 0.3) is 0 Å². The van der Waals surface area contributed by atoms with Crippen molar-refractivity contribution in [1.82, 2.24) is 0 Å². The van der Waals surface area contributed by atoms with Gasteiger partial charge in [-0.15, -0.1) is 0 Å². The number of benzene rings is 3. The van der Waals surface area contributed by atoms with Crippen LogP contribution in [0, 0.1) is 0 Å². The van der Waals surface area contributed by atoms with E-state index < -0.39 is 5.97 Å². The number of ketones is 2. The van der Waals surface area contributed by atoms with Crippen LogP contribution in [0.3, 0.4) is 0 Å². The van der Waals surface area contributed by atoms with Crippen molar-refractivity contribution in [3.8, 4) is 0 Å². The summed E-state index contributed by atoms with van der Waals surface area (Å²) in [4.78, 5) is 65.9. The monoisotopic (exact) mass is 1050 g/mol. The highest BCUT2D eigenvalue weighted by atomic mass is 16.5. The van der Waals surface area contributed by atoms with Crippen molar-refractivity contribution < 1.29 is 76.5 Å². The molecule has 6 unspecified atom stereocenters. The zero-order chi connectivity index (χ0) is 56.1. The van der Waals surface area contributed by atoms with Crippen molar-refractivity contribution in [2.45, 2.75) is 188 Å². The zero-order valence-electron chi connectivity index (χ0n) is 46.6. The second-order valence-electron chi connectivity index (χ2n) is 17.5. The Bertz CT molecular complexity index is 1700. The standard InChI is InChI=1S/3C13H18O3.2C7H12O2.C6H12O3/c3*1-3-12(15-2)9-13(14)16-10-11-7-5-4-6-8-11;2*1-2-7-5-6(8)3-4-9-7;1-3-5(9-2)4-6(7)8/h3*4-8,12H,3,9-10H2,1-2H3;2*7H,2-5H2,1H3;5H,3-4H2,1-2H3,(H,7,8). The van der Waals surface area contributed by atoms with Crippen LogP contribution in [0.25, 0.3) is 0 Å². The minimum Gasteiger partial charge on any atom is -0.481 e. The number of hydrogen-bond donors (Lipinski definition) is 1. The van der Waals surface area contributed by atoms with Crippen LogP contribution in [0.2, 0.25) is 0 Å². The van der Waals surface area contributed by atoms with E-state index in [9.17, 15) is 28.8 Å². The molecule has 0 radical (unpaired) electrons. The Hall–Kier alpha value is -5.36. The zero-order valence-corrected chi connectivity index (χ0v) is 46.6. The maximum Gasteiger partial charge on any atom is 0.308 e. The van der Waals surface area contributed by atoms with Crippen LogP contribution in [0.1, 0.15) is 148 Å². The fourth-order valence-corrected chi connectivity index (χ4v) is 6.75. The Morgan fingerprint density at radius 2 is 0.733 bits per heavy atom. The summed E-state index contributed by atoms with van der Waals surface area (Å²) in [5, 5.41) is 8.27. The summed E-state index contributed by atoms with van der Waals surface area (Å²) in [5.74, 6) is -0.724. The van der Waals surface area contributed by atoms with Crippen LogP contribution < -0.4 is 0 Å². The third-order valence-corrected chi connectivity index (χ3v) is 11.8. The summed E-state index contributed by atoms with van der Waals surface area (Å²) in [7, 11) is 6.35. The van der Waals surface area contributed by atoms with Gasteiger partial charge in [-0.1, -0.05) is 133 Å². The van der Waals surface area contributed by atoms with Gasteiger partial charge < -0.3 is 47.7 Å². The van der Waals surface area contributed by atoms with Gasteiger partial charge in [0.2, 0.25) is 0 Å². The van der Waals surface area contributed by atoms with Crippen LogP contribution in [-0.2, 0) is 91.2 Å². The van der Waals surface area contributed by atoms with Gasteiger partial charge in [-0.25, -0.2) is 0 Å². The lowest BCUT2D eigenvalue weighted by molar-refractivity contribution is -0.148. The van der Waals surface area contributed by atoms with Crippen LogP contribution in [0.5, 0.6) is 0 Å². The Kier molecular flexibility index (Phi) is 42.7. The van der Waals surface area contributed by atoms with E-state index in [1.807, 2.05) is 133 Å². The summed E-state index contributed by atoms with van der Waals surface area (Å²) >= 11 is 0. The van der Waals surface area contributed by atoms with Crippen LogP contribution >= 0.6 is 0 Å². The van der Waals surface area contributed by atoms with Gasteiger partial charge in [0.05, 0.1) is 75.5 Å². The third kappa shape index (κ3) is 37.9. The van der Waals surface area contributed by atoms with Gasteiger partial charge in [-0.2, -0.15) is 0 Å². The molecule has 422 valence electrons. The first-order chi connectivity index (χ1) is 36.1. The molecule has 3 aromatic rings. The second-order valence-corrected chi connectivity index (χ2v) is 17.5. The number of carbonyl (C=O) groups is 6. The van der Waals surface area contributed by atoms with Crippen molar-refractivity contribution in [1.29, 1.82) is 0 Å². The van der Waals surface area contributed by atoms with Gasteiger partial charge >= 0.3 is 23.9 Å². The quantitative estimate of drug-likeness (QED) is 0.0654. The van der Waals surface area contributed by atoms with E-state index in [-0.39, 0.29) is 61.0 Å². The molecule has 16 nitrogen and oxygen atoms in total. The summed E-state index contributed by atoms with van der Waals surface area (Å²) in [6.07, 6.45) is 8.90. The predicted molar refractivity (Wildman–Crippen MR) is 288 cm³/mol. The summed E-state index contributed by atoms with van der Waals surface area (Å²) in [6.45, 7) is 14.2. The first-order valence-corrected chi connectivity index (χ1v) is 26.3. The normalized spacial score (nSPS) is 16.2. The lowest BCUT2D eigenvalue weighted by atomic mass is 10.1. The van der Waals surface area contributed by atoms with Crippen molar-refractivity contribution in [3.05, 3.63) is 108 Å². The van der Waals surface area contributed by atoms with Crippen LogP contribution in [0.15, 0.2) is 91.0 Å². The molecule has 2 aliphatic heterocycles. The number of esters is 3. The van der Waals surface area contributed by atoms with Gasteiger partial charge in [0.15, 0.2) is 0 Å². The molecule has 2 aliphatic rings. The number of hydrogen-bond acceptors (Lipinski definition) is 15. The van der Waals surface area contributed by atoms with E-state index >= 15 is 0 Å². The molecule has 16 heteroatoms. The molecule has 2 saturated heterocycles. The summed E-state index contributed by atoms with van der Waals surface area (Å²) in [5.41, 5.74) is 3.00. The number of ether oxygens (including phenoxy) is 9. The van der Waals surface area contributed by atoms with Crippen molar-refractivity contribution in [2.75, 3.05) is 41.7 Å². The molecule has 0 amide bonds. The van der Waals surface area contributed by atoms with Gasteiger partial charge in [-0.05, 0) is 55.2 Å². The molecule has 75 heavy (non-hydrogen) atoms. The van der Waals surface area contributed by atoms with Crippen LogP contribution in [-0.4, -0.2) is 119 Å². The third-order valence-electron chi connectivity index (χ3n) is 11.8. The number of methoxy groups -OCH3 is 4. The largest absolute Gasteiger partial charge is 0.481 e. The molecular formula is C59H90O16. The van der Waals surface area contributed by atoms with Gasteiger partial charge in [0.1, 0.15) is 31.4 Å². The van der Waals surface area contributed by atoms with E-state index in [1.165, 1.54) is 7.11 Å².